The van der Waals surface area contributed by atoms with Crippen molar-refractivity contribution in [2.45, 2.75) is 52.0 Å². The number of aromatic amines is 1. The number of nitrogens with one attached hydrogen (secondary N) is 1. The minimum Gasteiger partial charge on any atom is -0.460 e. The van der Waals surface area contributed by atoms with Crippen LogP contribution in [0.1, 0.15) is 38.5 Å². The number of H-pyrrole nitrogens is 1. The largest absolute Gasteiger partial charge is 0.460 e. The van der Waals surface area contributed by atoms with Gasteiger partial charge in [-0.05, 0) is 13.3 Å². The van der Waals surface area contributed by atoms with Crippen LogP contribution < -0.4 is 11.2 Å². The van der Waals surface area contributed by atoms with E-state index in [1.54, 1.807) is 6.92 Å². The number of aryl methyl sites for hydroxylation is 1. The second-order valence-electron chi connectivity index (χ2n) is 4.90. The Labute approximate surface area is 115 Å². The van der Waals surface area contributed by atoms with Crippen molar-refractivity contribution in [1.82, 2.24) is 9.55 Å². The lowest BCUT2D eigenvalue weighted by atomic mass is 10.1. The Hall–Kier alpha value is -1.89. The van der Waals surface area contributed by atoms with E-state index in [1.807, 2.05) is 6.92 Å². The molecule has 1 N–H and O–H groups in total. The van der Waals surface area contributed by atoms with Crippen molar-refractivity contribution in [2.75, 3.05) is 0 Å². The first kappa shape index (κ1) is 14.5. The van der Waals surface area contributed by atoms with Crippen molar-refractivity contribution >= 4 is 5.97 Å². The molecule has 0 amide bonds. The van der Waals surface area contributed by atoms with Crippen LogP contribution in [0.15, 0.2) is 15.8 Å². The Kier molecular flexibility index (Phi) is 4.08. The molecule has 0 aromatic carbocycles. The van der Waals surface area contributed by atoms with Crippen molar-refractivity contribution in [3.63, 3.8) is 0 Å². The standard InChI is InChI=1S/C13H18N2O5/c1-4-9-10(19-8(3)16)5-11(20-9)15-6-7(2)12(17)14-13(15)18/h6,9-11H,4-5H2,1-3H3,(H,14,17,18)/t9-,10-,11-/m1/s1. The lowest BCUT2D eigenvalue weighted by Crippen LogP contribution is -2.33. The molecule has 1 aromatic heterocycles. The van der Waals surface area contributed by atoms with Gasteiger partial charge >= 0.3 is 11.7 Å². The third-order valence-electron chi connectivity index (χ3n) is 3.36. The molecule has 0 radical (unpaired) electrons. The van der Waals surface area contributed by atoms with E-state index in [4.69, 9.17) is 9.47 Å². The number of esters is 1. The molecule has 2 heterocycles. The van der Waals surface area contributed by atoms with Crippen LogP contribution in [-0.2, 0) is 14.3 Å². The monoisotopic (exact) mass is 282 g/mol. The molecule has 110 valence electrons. The van der Waals surface area contributed by atoms with E-state index >= 15 is 0 Å². The molecule has 1 fully saturated rings. The summed E-state index contributed by atoms with van der Waals surface area (Å²) in [4.78, 5) is 36.5. The molecule has 0 bridgehead atoms. The van der Waals surface area contributed by atoms with E-state index in [0.717, 1.165) is 0 Å². The molecule has 0 saturated carbocycles. The summed E-state index contributed by atoms with van der Waals surface area (Å²) in [6, 6.07) is 0. The Morgan fingerprint density at radius 3 is 2.85 bits per heavy atom. The Morgan fingerprint density at radius 1 is 1.55 bits per heavy atom. The number of ether oxygens (including phenoxy) is 2. The predicted octanol–water partition coefficient (Wildman–Crippen LogP) is 0.474. The average Bonchev–Trinajstić information content (AvgIpc) is 2.75. The maximum Gasteiger partial charge on any atom is 0.330 e. The minimum atomic E-state index is -0.535. The summed E-state index contributed by atoms with van der Waals surface area (Å²) in [5, 5.41) is 0. The molecule has 1 aliphatic rings. The van der Waals surface area contributed by atoms with E-state index < -0.39 is 17.5 Å². The molecule has 20 heavy (non-hydrogen) atoms. The number of hydrogen-bond donors (Lipinski definition) is 1. The number of carbonyl (C=O) groups is 1. The first-order chi connectivity index (χ1) is 9.42. The average molecular weight is 282 g/mol. The number of hydrogen-bond acceptors (Lipinski definition) is 5. The van der Waals surface area contributed by atoms with Crippen molar-refractivity contribution in [3.8, 4) is 0 Å². The van der Waals surface area contributed by atoms with Crippen LogP contribution in [0, 0.1) is 6.92 Å². The summed E-state index contributed by atoms with van der Waals surface area (Å²) in [6.45, 7) is 4.88. The molecule has 0 unspecified atom stereocenters. The molecule has 1 saturated heterocycles. The van der Waals surface area contributed by atoms with Crippen molar-refractivity contribution < 1.29 is 14.3 Å². The van der Waals surface area contributed by atoms with Gasteiger partial charge in [-0.3, -0.25) is 19.1 Å². The van der Waals surface area contributed by atoms with Crippen molar-refractivity contribution in [2.24, 2.45) is 0 Å². The van der Waals surface area contributed by atoms with E-state index in [2.05, 4.69) is 4.98 Å². The SMILES string of the molecule is CC[C@H]1O[C@@H](n2cc(C)c(=O)[nH]c2=O)C[C@H]1OC(C)=O. The third-order valence-corrected chi connectivity index (χ3v) is 3.36. The zero-order chi connectivity index (χ0) is 14.9. The Morgan fingerprint density at radius 2 is 2.25 bits per heavy atom. The normalized spacial score (nSPS) is 25.6. The molecular formula is C13H18N2O5. The summed E-state index contributed by atoms with van der Waals surface area (Å²) in [5.74, 6) is -0.373. The van der Waals surface area contributed by atoms with Crippen LogP contribution in [-0.4, -0.2) is 27.7 Å². The molecule has 1 aliphatic heterocycles. The molecule has 7 nitrogen and oxygen atoms in total. The maximum absolute atomic E-state index is 11.8. The zero-order valence-electron chi connectivity index (χ0n) is 11.7. The number of nitrogens with zero attached hydrogens (tertiary/aromatic N) is 1. The van der Waals surface area contributed by atoms with Gasteiger partial charge in [-0.25, -0.2) is 4.79 Å². The predicted molar refractivity (Wildman–Crippen MR) is 70.4 cm³/mol. The number of carbonyl (C=O) groups excluding carboxylic acids is 1. The summed E-state index contributed by atoms with van der Waals surface area (Å²) >= 11 is 0. The molecule has 0 spiro atoms. The van der Waals surface area contributed by atoms with Gasteiger partial charge in [0.15, 0.2) is 0 Å². The first-order valence-corrected chi connectivity index (χ1v) is 6.57. The quantitative estimate of drug-likeness (QED) is 0.814. The molecule has 3 atom stereocenters. The van der Waals surface area contributed by atoms with Gasteiger partial charge in [-0.2, -0.15) is 0 Å². The van der Waals surface area contributed by atoms with E-state index in [0.29, 0.717) is 18.4 Å². The van der Waals surface area contributed by atoms with E-state index in [9.17, 15) is 14.4 Å². The van der Waals surface area contributed by atoms with Crippen molar-refractivity contribution in [1.29, 1.82) is 0 Å². The van der Waals surface area contributed by atoms with Gasteiger partial charge in [0.1, 0.15) is 12.3 Å². The zero-order valence-corrected chi connectivity index (χ0v) is 11.7. The second kappa shape index (κ2) is 5.62. The highest BCUT2D eigenvalue weighted by Crippen LogP contribution is 2.31. The molecule has 2 rings (SSSR count). The third kappa shape index (κ3) is 2.82. The molecule has 1 aromatic rings. The smallest absolute Gasteiger partial charge is 0.330 e. The molecule has 0 aliphatic carbocycles. The minimum absolute atomic E-state index is 0.247. The highest BCUT2D eigenvalue weighted by molar-refractivity contribution is 5.66. The number of rotatable bonds is 3. The van der Waals surface area contributed by atoms with Crippen molar-refractivity contribution in [3.05, 3.63) is 32.6 Å². The number of aromatic nitrogens is 2. The van der Waals surface area contributed by atoms with Crippen LogP contribution in [0.4, 0.5) is 0 Å². The van der Waals surface area contributed by atoms with Gasteiger partial charge in [-0.15, -0.1) is 0 Å². The molecular weight excluding hydrogens is 264 g/mol. The molecule has 7 heteroatoms. The maximum atomic E-state index is 11.8. The van der Waals surface area contributed by atoms with Crippen LogP contribution in [0.25, 0.3) is 0 Å². The van der Waals surface area contributed by atoms with E-state index in [-0.39, 0.29) is 18.2 Å². The van der Waals surface area contributed by atoms with E-state index in [1.165, 1.54) is 17.7 Å². The Balaban J connectivity index is 2.27. The fourth-order valence-electron chi connectivity index (χ4n) is 2.37. The summed E-state index contributed by atoms with van der Waals surface area (Å²) < 4.78 is 12.3. The lowest BCUT2D eigenvalue weighted by Gasteiger charge is -2.16. The lowest BCUT2D eigenvalue weighted by molar-refractivity contribution is -0.149. The van der Waals surface area contributed by atoms with Gasteiger partial charge in [-0.1, -0.05) is 6.92 Å². The second-order valence-corrected chi connectivity index (χ2v) is 4.90. The van der Waals surface area contributed by atoms with Crippen LogP contribution in [0.2, 0.25) is 0 Å². The van der Waals surface area contributed by atoms with Gasteiger partial charge in [0, 0.05) is 25.1 Å². The van der Waals surface area contributed by atoms with Crippen LogP contribution >= 0.6 is 0 Å². The van der Waals surface area contributed by atoms with Crippen LogP contribution in [0.5, 0.6) is 0 Å². The summed E-state index contributed by atoms with van der Waals surface area (Å²) in [7, 11) is 0. The van der Waals surface area contributed by atoms with Gasteiger partial charge in [0.05, 0.1) is 6.10 Å². The fourth-order valence-corrected chi connectivity index (χ4v) is 2.37. The van der Waals surface area contributed by atoms with Gasteiger partial charge < -0.3 is 9.47 Å². The Bertz CT molecular complexity index is 618. The van der Waals surface area contributed by atoms with Crippen LogP contribution in [0.3, 0.4) is 0 Å². The topological polar surface area (TPSA) is 90.4 Å². The van der Waals surface area contributed by atoms with Gasteiger partial charge in [0.25, 0.3) is 5.56 Å². The fraction of sp³-hybridized carbons (Fsp3) is 0.615. The van der Waals surface area contributed by atoms with Gasteiger partial charge in [0.2, 0.25) is 0 Å². The first-order valence-electron chi connectivity index (χ1n) is 6.57. The highest BCUT2D eigenvalue weighted by Gasteiger charge is 2.37. The summed E-state index contributed by atoms with van der Waals surface area (Å²) in [6.07, 6.45) is 1.38. The summed E-state index contributed by atoms with van der Waals surface area (Å²) in [5.41, 5.74) is -0.506. The highest BCUT2D eigenvalue weighted by atomic mass is 16.6.